The maximum absolute atomic E-state index is 12.1. The Hall–Kier alpha value is -1.33. The molecule has 2 rings (SSSR count). The van der Waals surface area contributed by atoms with Crippen LogP contribution in [0.3, 0.4) is 0 Å². The number of amides is 1. The number of anilines is 1. The number of nitrogens with two attached hydrogens (primary N) is 1. The van der Waals surface area contributed by atoms with Crippen LogP contribution in [0, 0.1) is 0 Å². The number of carbonyl (C=O) groups excluding carboxylic acids is 1. The number of aromatic nitrogens is 1. The van der Waals surface area contributed by atoms with E-state index in [4.69, 9.17) is 17.4 Å². The van der Waals surface area contributed by atoms with Gasteiger partial charge in [-0.1, -0.05) is 18.5 Å². The lowest BCUT2D eigenvalue weighted by Crippen LogP contribution is -2.53. The van der Waals surface area contributed by atoms with Crippen molar-refractivity contribution >= 4 is 23.3 Å². The molecule has 0 atom stereocenters. The molecule has 0 radical (unpaired) electrons. The quantitative estimate of drug-likeness (QED) is 0.577. The van der Waals surface area contributed by atoms with Crippen LogP contribution in [0.15, 0.2) is 12.3 Å². The average Bonchev–Trinajstić information content (AvgIpc) is 2.33. The van der Waals surface area contributed by atoms with E-state index in [0.717, 1.165) is 19.3 Å². The van der Waals surface area contributed by atoms with E-state index in [1.807, 2.05) is 0 Å². The van der Waals surface area contributed by atoms with E-state index in [1.165, 1.54) is 12.6 Å². The largest absolute Gasteiger partial charge is 0.347 e. The monoisotopic (exact) mass is 268 g/mol. The Morgan fingerprint density at radius 3 is 2.78 bits per heavy atom. The van der Waals surface area contributed by atoms with Crippen molar-refractivity contribution in [1.29, 1.82) is 0 Å². The summed E-state index contributed by atoms with van der Waals surface area (Å²) in [4.78, 5) is 16.1. The van der Waals surface area contributed by atoms with Crippen LogP contribution < -0.4 is 16.6 Å². The van der Waals surface area contributed by atoms with Crippen LogP contribution in [0.1, 0.15) is 43.0 Å². The molecular weight excluding hydrogens is 252 g/mol. The molecule has 1 aliphatic carbocycles. The van der Waals surface area contributed by atoms with E-state index in [-0.39, 0.29) is 11.4 Å². The fourth-order valence-electron chi connectivity index (χ4n) is 2.15. The molecule has 0 spiro atoms. The summed E-state index contributed by atoms with van der Waals surface area (Å²) in [6.07, 6.45) is 5.67. The van der Waals surface area contributed by atoms with E-state index in [0.29, 0.717) is 16.4 Å². The SMILES string of the molecule is CCC1(NC(=O)c2cnc(NN)c(Cl)c2)CCC1. The highest BCUT2D eigenvalue weighted by atomic mass is 35.5. The van der Waals surface area contributed by atoms with Gasteiger partial charge in [0.2, 0.25) is 0 Å². The van der Waals surface area contributed by atoms with Crippen LogP contribution in [-0.2, 0) is 0 Å². The molecule has 0 aromatic carbocycles. The molecule has 98 valence electrons. The minimum absolute atomic E-state index is 0.0334. The highest BCUT2D eigenvalue weighted by Gasteiger charge is 2.36. The standard InChI is InChI=1S/C12H17ClN4O/c1-2-12(4-3-5-12)16-11(18)8-6-9(13)10(17-14)15-7-8/h6-7H,2-5,14H2,1H3,(H,15,17)(H,16,18). The van der Waals surface area contributed by atoms with Crippen LogP contribution in [0.4, 0.5) is 5.82 Å². The molecule has 1 amide bonds. The molecule has 1 aliphatic rings. The van der Waals surface area contributed by atoms with Gasteiger partial charge in [-0.3, -0.25) is 4.79 Å². The predicted octanol–water partition coefficient (Wildman–Crippen LogP) is 2.08. The maximum atomic E-state index is 12.1. The van der Waals surface area contributed by atoms with Gasteiger partial charge >= 0.3 is 0 Å². The fourth-order valence-corrected chi connectivity index (χ4v) is 2.37. The van der Waals surface area contributed by atoms with Gasteiger partial charge in [0.15, 0.2) is 5.82 Å². The first kappa shape index (κ1) is 13.1. The third kappa shape index (κ3) is 2.42. The van der Waals surface area contributed by atoms with E-state index < -0.39 is 0 Å². The first-order valence-electron chi connectivity index (χ1n) is 6.05. The fraction of sp³-hybridized carbons (Fsp3) is 0.500. The Kier molecular flexibility index (Phi) is 3.73. The van der Waals surface area contributed by atoms with Gasteiger partial charge < -0.3 is 10.7 Å². The van der Waals surface area contributed by atoms with Gasteiger partial charge in [0.25, 0.3) is 5.91 Å². The lowest BCUT2D eigenvalue weighted by atomic mass is 9.74. The second-order valence-electron chi connectivity index (χ2n) is 4.64. The third-order valence-corrected chi connectivity index (χ3v) is 3.89. The summed E-state index contributed by atoms with van der Waals surface area (Å²) in [5.41, 5.74) is 2.79. The summed E-state index contributed by atoms with van der Waals surface area (Å²) in [6, 6.07) is 1.57. The molecule has 5 nitrogen and oxygen atoms in total. The zero-order valence-electron chi connectivity index (χ0n) is 10.3. The Bertz CT molecular complexity index is 454. The molecule has 4 N–H and O–H groups in total. The van der Waals surface area contributed by atoms with Gasteiger partial charge in [-0.15, -0.1) is 0 Å². The van der Waals surface area contributed by atoms with Gasteiger partial charge in [-0.2, -0.15) is 0 Å². The minimum atomic E-state index is -0.130. The molecule has 6 heteroatoms. The van der Waals surface area contributed by atoms with Crippen LogP contribution >= 0.6 is 11.6 Å². The molecule has 1 aromatic heterocycles. The second-order valence-corrected chi connectivity index (χ2v) is 5.05. The first-order valence-corrected chi connectivity index (χ1v) is 6.43. The van der Waals surface area contributed by atoms with Crippen molar-refractivity contribution in [3.8, 4) is 0 Å². The molecule has 1 fully saturated rings. The number of hydrazine groups is 1. The van der Waals surface area contributed by atoms with E-state index in [1.54, 1.807) is 6.07 Å². The highest BCUT2D eigenvalue weighted by Crippen LogP contribution is 2.34. The maximum Gasteiger partial charge on any atom is 0.253 e. The number of nitrogens with zero attached hydrogens (tertiary/aromatic N) is 1. The third-order valence-electron chi connectivity index (χ3n) is 3.61. The van der Waals surface area contributed by atoms with Gasteiger partial charge in [0, 0.05) is 11.7 Å². The van der Waals surface area contributed by atoms with Crippen molar-refractivity contribution in [2.24, 2.45) is 5.84 Å². The normalized spacial score (nSPS) is 16.8. The number of nitrogens with one attached hydrogen (secondary N) is 2. The lowest BCUT2D eigenvalue weighted by molar-refractivity contribution is 0.0820. The Labute approximate surface area is 111 Å². The van der Waals surface area contributed by atoms with Crippen molar-refractivity contribution in [3.05, 3.63) is 22.8 Å². The van der Waals surface area contributed by atoms with Gasteiger partial charge in [-0.25, -0.2) is 10.8 Å². The molecule has 0 unspecified atom stereocenters. The van der Waals surface area contributed by atoms with Crippen LogP contribution in [0.2, 0.25) is 5.02 Å². The van der Waals surface area contributed by atoms with Crippen molar-refractivity contribution in [3.63, 3.8) is 0 Å². The summed E-state index contributed by atoms with van der Waals surface area (Å²) in [5, 5.41) is 3.41. The number of nitrogen functional groups attached to an aromatic ring is 1. The molecule has 1 saturated carbocycles. The Morgan fingerprint density at radius 1 is 1.61 bits per heavy atom. The number of carbonyl (C=O) groups is 1. The van der Waals surface area contributed by atoms with Gasteiger partial charge in [0.1, 0.15) is 0 Å². The second kappa shape index (κ2) is 5.12. The summed E-state index contributed by atoms with van der Waals surface area (Å²) in [6.45, 7) is 2.09. The van der Waals surface area contributed by atoms with Crippen LogP contribution in [0.25, 0.3) is 0 Å². The number of rotatable bonds is 4. The molecule has 0 aliphatic heterocycles. The first-order chi connectivity index (χ1) is 8.60. The topological polar surface area (TPSA) is 80.0 Å². The van der Waals surface area contributed by atoms with Crippen molar-refractivity contribution in [2.75, 3.05) is 5.43 Å². The Morgan fingerprint density at radius 2 is 2.33 bits per heavy atom. The number of hydrogen-bond acceptors (Lipinski definition) is 4. The van der Waals surface area contributed by atoms with E-state index >= 15 is 0 Å². The molecular formula is C12H17ClN4O. The molecule has 1 aromatic rings. The average molecular weight is 269 g/mol. The van der Waals surface area contributed by atoms with Crippen molar-refractivity contribution in [1.82, 2.24) is 10.3 Å². The predicted molar refractivity (Wildman–Crippen MR) is 71.4 cm³/mol. The minimum Gasteiger partial charge on any atom is -0.347 e. The molecule has 18 heavy (non-hydrogen) atoms. The molecule has 1 heterocycles. The summed E-state index contributed by atoms with van der Waals surface area (Å²) in [7, 11) is 0. The van der Waals surface area contributed by atoms with Crippen molar-refractivity contribution < 1.29 is 4.79 Å². The van der Waals surface area contributed by atoms with Crippen LogP contribution in [0.5, 0.6) is 0 Å². The summed E-state index contributed by atoms with van der Waals surface area (Å²) < 4.78 is 0. The van der Waals surface area contributed by atoms with Crippen LogP contribution in [-0.4, -0.2) is 16.4 Å². The number of halogens is 1. The Balaban J connectivity index is 2.11. The number of hydrogen-bond donors (Lipinski definition) is 3. The number of pyridine rings is 1. The van der Waals surface area contributed by atoms with E-state index in [2.05, 4.69) is 22.7 Å². The van der Waals surface area contributed by atoms with Gasteiger partial charge in [0.05, 0.1) is 10.6 Å². The molecule has 0 saturated heterocycles. The zero-order chi connectivity index (χ0) is 13.2. The smallest absolute Gasteiger partial charge is 0.253 e. The highest BCUT2D eigenvalue weighted by molar-refractivity contribution is 6.33. The van der Waals surface area contributed by atoms with E-state index in [9.17, 15) is 4.79 Å². The zero-order valence-corrected chi connectivity index (χ0v) is 11.0. The van der Waals surface area contributed by atoms with Gasteiger partial charge in [-0.05, 0) is 31.7 Å². The summed E-state index contributed by atoms with van der Waals surface area (Å²) >= 11 is 5.94. The van der Waals surface area contributed by atoms with Crippen molar-refractivity contribution in [2.45, 2.75) is 38.1 Å². The molecule has 0 bridgehead atoms. The summed E-state index contributed by atoms with van der Waals surface area (Å²) in [5.74, 6) is 5.47. The lowest BCUT2D eigenvalue weighted by Gasteiger charge is -2.42.